The molecule has 6 heteroatoms. The molecule has 0 aliphatic carbocycles. The average Bonchev–Trinajstić information content (AvgIpc) is 0.757. The van der Waals surface area contributed by atoms with Gasteiger partial charge in [0.25, 0.3) is 0 Å². The lowest BCUT2D eigenvalue weighted by Crippen LogP contribution is -2.32. The molecular formula is C126H144N6+6. The van der Waals surface area contributed by atoms with Crippen LogP contribution in [0.4, 0.5) is 0 Å². The van der Waals surface area contributed by atoms with Crippen LogP contribution in [0.3, 0.4) is 0 Å². The minimum Gasteiger partial charge on any atom is -0.200 e. The van der Waals surface area contributed by atoms with E-state index in [1.54, 1.807) is 18.2 Å². The van der Waals surface area contributed by atoms with Gasteiger partial charge in [0.15, 0.2) is 24.8 Å². The smallest absolute Gasteiger partial charge is 0.200 e. The molecule has 0 bridgehead atoms. The van der Waals surface area contributed by atoms with Crippen LogP contribution < -0.4 is 27.4 Å². The van der Waals surface area contributed by atoms with Crippen LogP contribution >= 0.6 is 0 Å². The lowest BCUT2D eigenvalue weighted by Gasteiger charge is -2.12. The Bertz CT molecular complexity index is 7900. The molecule has 0 aliphatic rings. The Kier molecular flexibility index (Phi) is 25.7. The zero-order valence-electron chi connectivity index (χ0n) is 94.5. The van der Waals surface area contributed by atoms with Gasteiger partial charge >= 0.3 is 0 Å². The number of aromatic nitrogens is 6. The first-order valence-electron chi connectivity index (χ1n) is 52.2. The Morgan fingerprint density at radius 3 is 1.13 bits per heavy atom. The molecule has 0 saturated carbocycles. The number of pyridine rings is 6. The highest BCUT2D eigenvalue weighted by Gasteiger charge is 2.27. The van der Waals surface area contributed by atoms with Crippen LogP contribution in [0.2, 0.25) is 0 Å². The molecule has 6 nitrogen and oxygen atoms in total. The maximum absolute atomic E-state index is 8.55. The molecule has 0 amide bonds. The van der Waals surface area contributed by atoms with Gasteiger partial charge in [0.1, 0.15) is 42.3 Å². The second-order valence-corrected chi connectivity index (χ2v) is 38.1. The second-order valence-electron chi connectivity index (χ2n) is 38.1. The first kappa shape index (κ1) is 82.3. The van der Waals surface area contributed by atoms with E-state index in [0.717, 1.165) is 95.2 Å². The van der Waals surface area contributed by atoms with Crippen molar-refractivity contribution < 1.29 is 42.5 Å². The van der Waals surface area contributed by atoms with Crippen LogP contribution in [0.1, 0.15) is 185 Å². The molecule has 672 valence electrons. The molecular weight excluding hydrogens is 1600 g/mol. The van der Waals surface area contributed by atoms with Crippen molar-refractivity contribution in [3.63, 3.8) is 0 Å². The Morgan fingerprint density at radius 2 is 0.652 bits per heavy atom. The summed E-state index contributed by atoms with van der Waals surface area (Å²) in [5, 5.41) is 12.3. The summed E-state index contributed by atoms with van der Waals surface area (Å²) in [6.45, 7) is 40.0. The van der Waals surface area contributed by atoms with E-state index in [0.29, 0.717) is 34.1 Å². The molecule has 6 heterocycles. The van der Waals surface area contributed by atoms with Crippen molar-refractivity contribution in [2.45, 2.75) is 192 Å². The van der Waals surface area contributed by atoms with Crippen LogP contribution in [-0.4, -0.2) is 0 Å². The minimum atomic E-state index is -2.17. The van der Waals surface area contributed by atoms with Crippen LogP contribution in [0, 0.1) is 143 Å². The van der Waals surface area contributed by atoms with E-state index in [-0.39, 0.29) is 5.92 Å². The van der Waals surface area contributed by atoms with Gasteiger partial charge in [-0.05, 0) is 345 Å². The van der Waals surface area contributed by atoms with E-state index in [4.69, 9.17) is 15.1 Å². The number of rotatable bonds is 11. The number of hydrogen-bond acceptors (Lipinski definition) is 0. The lowest BCUT2D eigenvalue weighted by atomic mass is 9.93. The molecule has 132 heavy (non-hydrogen) atoms. The molecule has 0 saturated heterocycles. The summed E-state index contributed by atoms with van der Waals surface area (Å²) in [4.78, 5) is 0. The standard InChI is InChI=1S/2C23H28N.C22H26N.C21H24N.C19H20N.C18H18N/c1-15(2)11-19-7-8-21-20(14-19)9-10-24(6)23(21)22-13-16(3)12-17(4)18(22)5;1-15(2)12-19-8-7-9-22-20(19)10-11-23(24(22)6)21-14-16(3)13-17(4)18(21)5;1-14(2)18-7-8-20-19(13-18)9-10-23(6)22(20)21-12-15(3)11-16(4)17(21)5;1-13-10-15(3)17(5)18(11-13)20-12-16(4)21-14(2)8-7-9-19(21)22(20)6;1-13-11-14(2)15(3)18(12-13)19-17-8-6-5-7-16(17)9-10-20(19)4;1-13-7-6-10-16(14(13)2)18-17-9-5-4-8-15(17)11-12-19(18)3/h7-10,12-15H,11H2,1-6H3;7-11,13-15H,12H2,1-6H3;7-14H,1-6H3;7-12H,1-6H3;5-12H,1-4H3;4-12H,1-3H3/q6*+1/i;4D3,12D2;;3D3;;1D3. The molecule has 0 radical (unpaired) electrons. The number of nitrogens with zero attached hydrogens (tertiary/aromatic N) is 6. The third-order valence-electron chi connectivity index (χ3n) is 26.6. The second kappa shape index (κ2) is 41.3. The van der Waals surface area contributed by atoms with Gasteiger partial charge in [-0.25, -0.2) is 18.3 Å². The molecule has 0 fully saturated rings. The van der Waals surface area contributed by atoms with E-state index < -0.39 is 26.9 Å². The average molecular weight is 1750 g/mol. The first-order valence-corrected chi connectivity index (χ1v) is 46.7. The Hall–Kier alpha value is -12.9. The fourth-order valence-corrected chi connectivity index (χ4v) is 19.1. The van der Waals surface area contributed by atoms with E-state index in [1.165, 1.54) is 144 Å². The highest BCUT2D eigenvalue weighted by molar-refractivity contribution is 5.98. The van der Waals surface area contributed by atoms with Crippen LogP contribution in [0.15, 0.2) is 267 Å². The highest BCUT2D eigenvalue weighted by atomic mass is 15.0. The molecule has 0 atom stereocenters. The fraction of sp³-hybridized carbons (Fsp3) is 0.286. The highest BCUT2D eigenvalue weighted by Crippen LogP contribution is 2.38. The predicted octanol–water partition coefficient (Wildman–Crippen LogP) is 29.4. The van der Waals surface area contributed by atoms with Crippen molar-refractivity contribution in [2.75, 3.05) is 0 Å². The molecule has 18 aromatic rings. The molecule has 18 rings (SSSR count). The number of benzene rings is 12. The van der Waals surface area contributed by atoms with E-state index >= 15 is 0 Å². The van der Waals surface area contributed by atoms with Crippen LogP contribution in [-0.2, 0) is 55.1 Å². The summed E-state index contributed by atoms with van der Waals surface area (Å²) in [6, 6.07) is 84.3. The molecule has 0 aliphatic heterocycles. The van der Waals surface area contributed by atoms with Crippen molar-refractivity contribution in [3.8, 4) is 67.5 Å². The normalized spacial score (nSPS) is 12.9. The molecule has 0 N–H and O–H groups in total. The molecule has 0 unspecified atom stereocenters. The third-order valence-corrected chi connectivity index (χ3v) is 26.6. The summed E-state index contributed by atoms with van der Waals surface area (Å²) in [6.07, 6.45) is 8.22. The van der Waals surface area contributed by atoms with Crippen LogP contribution in [0.5, 0.6) is 0 Å². The van der Waals surface area contributed by atoms with E-state index in [9.17, 15) is 0 Å². The topological polar surface area (TPSA) is 23.3 Å². The van der Waals surface area contributed by atoms with Gasteiger partial charge in [-0.1, -0.05) is 197 Å². The lowest BCUT2D eigenvalue weighted by molar-refractivity contribution is -0.659. The maximum Gasteiger partial charge on any atom is 0.220 e. The van der Waals surface area contributed by atoms with Crippen molar-refractivity contribution >= 4 is 64.9 Å². The van der Waals surface area contributed by atoms with Gasteiger partial charge in [-0.3, -0.25) is 0 Å². The zero-order chi connectivity index (χ0) is 105. The summed E-state index contributed by atoms with van der Waals surface area (Å²) >= 11 is 0. The summed E-state index contributed by atoms with van der Waals surface area (Å²) in [7, 11) is 12.4. The fourth-order valence-electron chi connectivity index (χ4n) is 19.1. The van der Waals surface area contributed by atoms with Crippen molar-refractivity contribution in [2.24, 2.45) is 54.1 Å². The quantitative estimate of drug-likeness (QED) is 0.115. The maximum atomic E-state index is 8.55. The Balaban J connectivity index is 0.000000144. The number of fused-ring (bicyclic) bond motifs is 6. The monoisotopic (exact) mass is 1750 g/mol. The molecule has 12 aromatic carbocycles. The first-order chi connectivity index (χ1) is 67.2. The van der Waals surface area contributed by atoms with Crippen molar-refractivity contribution in [3.05, 3.63) is 390 Å². The molecule has 0 spiro atoms. The Labute approximate surface area is 805 Å². The van der Waals surface area contributed by atoms with Gasteiger partial charge in [0.05, 0.1) is 43.6 Å². The van der Waals surface area contributed by atoms with Gasteiger partial charge in [0.2, 0.25) is 45.2 Å². The predicted molar refractivity (Wildman–Crippen MR) is 565 cm³/mol. The summed E-state index contributed by atoms with van der Waals surface area (Å²) < 4.78 is 100. The van der Waals surface area contributed by atoms with E-state index in [2.05, 4.69) is 326 Å². The minimum absolute atomic E-state index is 0.154. The Morgan fingerprint density at radius 1 is 0.273 bits per heavy atom. The van der Waals surface area contributed by atoms with Crippen molar-refractivity contribution in [1.29, 1.82) is 0 Å². The third kappa shape index (κ3) is 21.0. The molecule has 6 aromatic heterocycles. The van der Waals surface area contributed by atoms with E-state index in [1.807, 2.05) is 146 Å². The van der Waals surface area contributed by atoms with Gasteiger partial charge in [-0.15, -0.1) is 0 Å². The number of hydrogen-bond donors (Lipinski definition) is 0. The number of aryl methyl sites for hydroxylation is 19. The largest absolute Gasteiger partial charge is 0.220 e. The zero-order valence-corrected chi connectivity index (χ0v) is 83.5. The summed E-state index contributed by atoms with van der Waals surface area (Å²) in [5.74, 6) is 1.09. The van der Waals surface area contributed by atoms with Gasteiger partial charge in [0, 0.05) is 85.7 Å². The van der Waals surface area contributed by atoms with Gasteiger partial charge < -0.3 is 0 Å². The summed E-state index contributed by atoms with van der Waals surface area (Å²) in [5.41, 5.74) is 39.4. The van der Waals surface area contributed by atoms with Gasteiger partial charge in [-0.2, -0.15) is 9.13 Å². The SMILES string of the molecule is Cc1cc(C)c(C)c(-c2c3ccc(C(C)C)cc3cc[n+]2C)c1.Cc1cc(C)c(C)c(-c2c3ccc(CC(C)C)cc3cc[n+]2C)c1.Cc1cc(C)c(C)c(-c2c3ccccc3cc[n+]2C)c1.[2H]C([2H])([2H])c1cc(C)cc(-c2cc(C)c3c(C)cccc3[n+]2C)c1C.[2H]C([2H])([2H])c1cc(C)cc(-c2ccc3c(C([2H])([2H])C(C)C)cccc3[n+]2C)c1C.[2H]C([2H])([2H])c1cccc(-c2c3ccccc3cc[n+]2C)c1C. The van der Waals surface area contributed by atoms with Crippen LogP contribution in [0.25, 0.3) is 132 Å². The van der Waals surface area contributed by atoms with Crippen molar-refractivity contribution in [1.82, 2.24) is 0 Å².